The molecule has 0 saturated heterocycles. The third-order valence-corrected chi connectivity index (χ3v) is 3.49. The largest absolute Gasteiger partial charge is 0.392 e. The molecule has 1 aliphatic rings. The summed E-state index contributed by atoms with van der Waals surface area (Å²) in [6.45, 7) is 1.53. The number of hydrogen-bond donors (Lipinski definition) is 3. The zero-order valence-electron chi connectivity index (χ0n) is 10.7. The van der Waals surface area contributed by atoms with Gasteiger partial charge in [-0.2, -0.15) is 0 Å². The Labute approximate surface area is 104 Å². The zero-order valence-corrected chi connectivity index (χ0v) is 10.7. The van der Waals surface area contributed by atoms with Gasteiger partial charge in [0.15, 0.2) is 0 Å². The van der Waals surface area contributed by atoms with Gasteiger partial charge in [0, 0.05) is 13.0 Å². The van der Waals surface area contributed by atoms with E-state index >= 15 is 0 Å². The minimum atomic E-state index is -0.230. The molecule has 4 nitrogen and oxygen atoms in total. The average Bonchev–Trinajstić information content (AvgIpc) is 2.75. The average molecular weight is 242 g/mol. The summed E-state index contributed by atoms with van der Waals surface area (Å²) >= 11 is 0. The van der Waals surface area contributed by atoms with Crippen molar-refractivity contribution in [2.45, 2.75) is 57.5 Å². The molecule has 100 valence electrons. The number of nitrogens with two attached hydrogens (primary N) is 1. The highest BCUT2D eigenvalue weighted by Crippen LogP contribution is 2.28. The van der Waals surface area contributed by atoms with Crippen LogP contribution in [0, 0.1) is 5.92 Å². The lowest BCUT2D eigenvalue weighted by Crippen LogP contribution is -2.29. The first-order valence-electron chi connectivity index (χ1n) is 6.85. The quantitative estimate of drug-likeness (QED) is 0.531. The second kappa shape index (κ2) is 8.48. The molecule has 0 aliphatic heterocycles. The fourth-order valence-electron chi connectivity index (χ4n) is 2.53. The molecule has 1 unspecified atom stereocenters. The van der Waals surface area contributed by atoms with E-state index in [0.29, 0.717) is 13.0 Å². The summed E-state index contributed by atoms with van der Waals surface area (Å²) in [4.78, 5) is 10.5. The van der Waals surface area contributed by atoms with Gasteiger partial charge in [-0.25, -0.2) is 0 Å². The normalized spacial score (nSPS) is 18.4. The van der Waals surface area contributed by atoms with Crippen molar-refractivity contribution in [3.63, 3.8) is 0 Å². The zero-order chi connectivity index (χ0) is 12.5. The Morgan fingerprint density at radius 3 is 2.71 bits per heavy atom. The first-order chi connectivity index (χ1) is 8.18. The number of nitrogens with one attached hydrogen (secondary N) is 1. The maximum Gasteiger partial charge on any atom is 0.217 e. The van der Waals surface area contributed by atoms with E-state index in [1.807, 2.05) is 0 Å². The molecule has 1 aliphatic carbocycles. The van der Waals surface area contributed by atoms with Crippen molar-refractivity contribution in [1.82, 2.24) is 5.32 Å². The lowest BCUT2D eigenvalue weighted by atomic mass is 10.00. The molecule has 0 spiro atoms. The van der Waals surface area contributed by atoms with Gasteiger partial charge in [0.25, 0.3) is 0 Å². The van der Waals surface area contributed by atoms with Crippen LogP contribution in [0.2, 0.25) is 0 Å². The number of rotatable bonds is 9. The van der Waals surface area contributed by atoms with Gasteiger partial charge in [-0.3, -0.25) is 4.79 Å². The molecule has 0 heterocycles. The van der Waals surface area contributed by atoms with E-state index in [9.17, 15) is 9.90 Å². The second-order valence-electron chi connectivity index (χ2n) is 5.17. The number of amides is 1. The lowest BCUT2D eigenvalue weighted by Gasteiger charge is -2.15. The molecule has 1 fully saturated rings. The Kier molecular flexibility index (Phi) is 7.21. The fourth-order valence-corrected chi connectivity index (χ4v) is 2.53. The van der Waals surface area contributed by atoms with E-state index in [2.05, 4.69) is 5.32 Å². The number of carbonyl (C=O) groups is 1. The van der Waals surface area contributed by atoms with Gasteiger partial charge in [-0.05, 0) is 31.7 Å². The molecule has 4 heteroatoms. The van der Waals surface area contributed by atoms with Crippen LogP contribution in [-0.2, 0) is 4.79 Å². The summed E-state index contributed by atoms with van der Waals surface area (Å²) < 4.78 is 0. The van der Waals surface area contributed by atoms with Crippen LogP contribution in [0.15, 0.2) is 0 Å². The number of hydrogen-bond acceptors (Lipinski definition) is 3. The van der Waals surface area contributed by atoms with Gasteiger partial charge < -0.3 is 16.2 Å². The summed E-state index contributed by atoms with van der Waals surface area (Å²) in [5.41, 5.74) is 5.05. The maximum absolute atomic E-state index is 10.5. The number of primary amides is 1. The van der Waals surface area contributed by atoms with Crippen molar-refractivity contribution in [3.8, 4) is 0 Å². The van der Waals surface area contributed by atoms with Gasteiger partial charge in [0.05, 0.1) is 6.10 Å². The van der Waals surface area contributed by atoms with Crippen molar-refractivity contribution >= 4 is 5.91 Å². The van der Waals surface area contributed by atoms with Crippen LogP contribution < -0.4 is 11.1 Å². The van der Waals surface area contributed by atoms with E-state index in [4.69, 9.17) is 5.73 Å². The van der Waals surface area contributed by atoms with Crippen molar-refractivity contribution in [1.29, 1.82) is 0 Å². The van der Waals surface area contributed by atoms with Crippen molar-refractivity contribution in [2.24, 2.45) is 11.7 Å². The monoisotopic (exact) mass is 242 g/mol. The number of unbranched alkanes of at least 4 members (excludes halogenated alkanes) is 1. The Hall–Kier alpha value is -0.610. The highest BCUT2D eigenvalue weighted by Gasteiger charge is 2.18. The summed E-state index contributed by atoms with van der Waals surface area (Å²) in [6.07, 6.45) is 8.20. The lowest BCUT2D eigenvalue weighted by molar-refractivity contribution is -0.118. The molecule has 1 saturated carbocycles. The summed E-state index contributed by atoms with van der Waals surface area (Å²) in [5.74, 6) is 0.507. The molecule has 0 aromatic rings. The predicted octanol–water partition coefficient (Wildman–Crippen LogP) is 1.17. The van der Waals surface area contributed by atoms with Gasteiger partial charge in [0.1, 0.15) is 0 Å². The molecule has 0 radical (unpaired) electrons. The smallest absolute Gasteiger partial charge is 0.217 e. The van der Waals surface area contributed by atoms with Crippen LogP contribution >= 0.6 is 0 Å². The van der Waals surface area contributed by atoms with Gasteiger partial charge in [0.2, 0.25) is 5.91 Å². The SMILES string of the molecule is NC(=O)CCCCNCC(O)CC1CCCC1. The van der Waals surface area contributed by atoms with Crippen LogP contribution in [0.4, 0.5) is 0 Å². The van der Waals surface area contributed by atoms with Gasteiger partial charge in [-0.1, -0.05) is 25.7 Å². The minimum Gasteiger partial charge on any atom is -0.392 e. The van der Waals surface area contributed by atoms with E-state index in [1.54, 1.807) is 0 Å². The molecule has 17 heavy (non-hydrogen) atoms. The molecule has 1 atom stereocenters. The third kappa shape index (κ3) is 7.34. The standard InChI is InChI=1S/C13H26N2O2/c14-13(17)7-3-4-8-15-10-12(16)9-11-5-1-2-6-11/h11-12,15-16H,1-10H2,(H2,14,17). The van der Waals surface area contributed by atoms with E-state index in [-0.39, 0.29) is 12.0 Å². The van der Waals surface area contributed by atoms with E-state index in [1.165, 1.54) is 25.7 Å². The highest BCUT2D eigenvalue weighted by molar-refractivity contribution is 5.73. The molecule has 0 aromatic carbocycles. The molecule has 0 bridgehead atoms. The van der Waals surface area contributed by atoms with Gasteiger partial charge in [-0.15, -0.1) is 0 Å². The molecule has 1 rings (SSSR count). The van der Waals surface area contributed by atoms with E-state index in [0.717, 1.165) is 31.7 Å². The molecule has 4 N–H and O–H groups in total. The number of carbonyl (C=O) groups excluding carboxylic acids is 1. The first kappa shape index (κ1) is 14.5. The summed E-state index contributed by atoms with van der Waals surface area (Å²) in [6, 6.07) is 0. The predicted molar refractivity (Wildman–Crippen MR) is 68.5 cm³/mol. The second-order valence-corrected chi connectivity index (χ2v) is 5.17. The van der Waals surface area contributed by atoms with Gasteiger partial charge >= 0.3 is 0 Å². The number of aliphatic hydroxyl groups is 1. The van der Waals surface area contributed by atoms with Crippen molar-refractivity contribution in [3.05, 3.63) is 0 Å². The van der Waals surface area contributed by atoms with Crippen LogP contribution in [-0.4, -0.2) is 30.2 Å². The minimum absolute atomic E-state index is 0.214. The number of aliphatic hydroxyl groups excluding tert-OH is 1. The molecular weight excluding hydrogens is 216 g/mol. The van der Waals surface area contributed by atoms with Crippen LogP contribution in [0.5, 0.6) is 0 Å². The summed E-state index contributed by atoms with van der Waals surface area (Å²) in [7, 11) is 0. The molecule has 0 aromatic heterocycles. The Morgan fingerprint density at radius 1 is 1.35 bits per heavy atom. The van der Waals surface area contributed by atoms with Crippen molar-refractivity contribution in [2.75, 3.05) is 13.1 Å². The highest BCUT2D eigenvalue weighted by atomic mass is 16.3. The third-order valence-electron chi connectivity index (χ3n) is 3.49. The molecular formula is C13H26N2O2. The fraction of sp³-hybridized carbons (Fsp3) is 0.923. The molecule has 1 amide bonds. The summed E-state index contributed by atoms with van der Waals surface area (Å²) in [5, 5.41) is 13.0. The van der Waals surface area contributed by atoms with Crippen LogP contribution in [0.3, 0.4) is 0 Å². The Balaban J connectivity index is 1.89. The Morgan fingerprint density at radius 2 is 2.06 bits per heavy atom. The van der Waals surface area contributed by atoms with E-state index < -0.39 is 0 Å². The van der Waals surface area contributed by atoms with Crippen LogP contribution in [0.25, 0.3) is 0 Å². The first-order valence-corrected chi connectivity index (χ1v) is 6.85. The van der Waals surface area contributed by atoms with Crippen molar-refractivity contribution < 1.29 is 9.90 Å². The topological polar surface area (TPSA) is 75.4 Å². The Bertz CT molecular complexity index is 215. The maximum atomic E-state index is 10.5. The van der Waals surface area contributed by atoms with Crippen LogP contribution in [0.1, 0.15) is 51.4 Å².